The van der Waals surface area contributed by atoms with Crippen LogP contribution in [0.15, 0.2) is 140 Å². The molecule has 2 heteroatoms. The Hall–Kier alpha value is -4.59. The molecule has 184 valence electrons. The zero-order valence-corrected chi connectivity index (χ0v) is 21.8. The summed E-state index contributed by atoms with van der Waals surface area (Å²) >= 11 is 6.27. The SMILES string of the molecule is Clc1ccc(-c2ccccc2-c2cccc3c2C2(c4ccccc4Oc4ccccc42)c2ccccc2-3)cc1. The first kappa shape index (κ1) is 22.4. The van der Waals surface area contributed by atoms with Gasteiger partial charge in [0, 0.05) is 16.1 Å². The Labute approximate surface area is 232 Å². The molecule has 0 fully saturated rings. The molecule has 6 aromatic rings. The molecule has 6 aromatic carbocycles. The van der Waals surface area contributed by atoms with Crippen LogP contribution in [0.5, 0.6) is 11.5 Å². The first-order valence-corrected chi connectivity index (χ1v) is 13.6. The molecular weight excluding hydrogens is 496 g/mol. The summed E-state index contributed by atoms with van der Waals surface area (Å²) in [6.45, 7) is 0. The Balaban J connectivity index is 1.53. The van der Waals surface area contributed by atoms with E-state index in [1.165, 1.54) is 50.1 Å². The molecule has 0 saturated carbocycles. The van der Waals surface area contributed by atoms with Crippen LogP contribution < -0.4 is 4.74 Å². The smallest absolute Gasteiger partial charge is 0.132 e. The summed E-state index contributed by atoms with van der Waals surface area (Å²) in [7, 11) is 0. The molecule has 0 unspecified atom stereocenters. The van der Waals surface area contributed by atoms with Crippen LogP contribution in [-0.2, 0) is 5.41 Å². The summed E-state index contributed by atoms with van der Waals surface area (Å²) in [4.78, 5) is 0. The molecule has 8 rings (SSSR count). The molecule has 0 saturated heterocycles. The second-order valence-electron chi connectivity index (χ2n) is 10.2. The quantitative estimate of drug-likeness (QED) is 0.221. The van der Waals surface area contributed by atoms with Crippen LogP contribution in [0, 0.1) is 0 Å². The first-order chi connectivity index (χ1) is 19.3. The van der Waals surface area contributed by atoms with Crippen molar-refractivity contribution in [2.75, 3.05) is 0 Å². The van der Waals surface area contributed by atoms with Crippen LogP contribution >= 0.6 is 11.6 Å². The molecule has 0 radical (unpaired) electrons. The minimum Gasteiger partial charge on any atom is -0.457 e. The number of para-hydroxylation sites is 2. The van der Waals surface area contributed by atoms with Crippen molar-refractivity contribution in [2.24, 2.45) is 0 Å². The van der Waals surface area contributed by atoms with E-state index in [-0.39, 0.29) is 0 Å². The van der Waals surface area contributed by atoms with Gasteiger partial charge in [0.2, 0.25) is 0 Å². The summed E-state index contributed by atoms with van der Waals surface area (Å²) in [5.41, 5.74) is 11.7. The number of hydrogen-bond donors (Lipinski definition) is 0. The number of fused-ring (bicyclic) bond motifs is 9. The lowest BCUT2D eigenvalue weighted by molar-refractivity contribution is 0.436. The maximum atomic E-state index is 6.53. The largest absolute Gasteiger partial charge is 0.457 e. The van der Waals surface area contributed by atoms with Gasteiger partial charge < -0.3 is 4.74 Å². The zero-order valence-electron chi connectivity index (χ0n) is 21.1. The van der Waals surface area contributed by atoms with Gasteiger partial charge in [0.15, 0.2) is 0 Å². The molecule has 39 heavy (non-hydrogen) atoms. The van der Waals surface area contributed by atoms with Gasteiger partial charge in [-0.1, -0.05) is 127 Å². The minimum atomic E-state index is -0.513. The average Bonchev–Trinajstić information content (AvgIpc) is 3.29. The van der Waals surface area contributed by atoms with Gasteiger partial charge in [-0.2, -0.15) is 0 Å². The number of rotatable bonds is 2. The Morgan fingerprint density at radius 1 is 0.410 bits per heavy atom. The predicted molar refractivity (Wildman–Crippen MR) is 160 cm³/mol. The van der Waals surface area contributed by atoms with Crippen LogP contribution in [0.4, 0.5) is 0 Å². The van der Waals surface area contributed by atoms with E-state index < -0.39 is 5.41 Å². The summed E-state index contributed by atoms with van der Waals surface area (Å²) in [6, 6.07) is 49.5. The molecular formula is C37H23ClO. The standard InChI is InChI=1S/C37H23ClO/c38-25-22-20-24(21-23-25)26-10-1-2-11-27(26)29-13-9-14-30-28-12-3-4-15-31(28)37(36(29)30)32-16-5-7-18-34(32)39-35-19-8-6-17-33(35)37/h1-23H. The Morgan fingerprint density at radius 2 is 0.897 bits per heavy atom. The Kier molecular flexibility index (Phi) is 4.86. The van der Waals surface area contributed by atoms with Crippen molar-refractivity contribution < 1.29 is 4.74 Å². The molecule has 1 aliphatic carbocycles. The van der Waals surface area contributed by atoms with E-state index in [2.05, 4.69) is 127 Å². The lowest BCUT2D eigenvalue weighted by Crippen LogP contribution is -2.32. The molecule has 0 amide bonds. The van der Waals surface area contributed by atoms with Gasteiger partial charge in [0.1, 0.15) is 11.5 Å². The summed E-state index contributed by atoms with van der Waals surface area (Å²) in [5, 5.41) is 0.738. The van der Waals surface area contributed by atoms with Gasteiger partial charge in [-0.05, 0) is 68.8 Å². The monoisotopic (exact) mass is 518 g/mol. The fourth-order valence-corrected chi connectivity index (χ4v) is 6.86. The number of ether oxygens (including phenoxy) is 1. The van der Waals surface area contributed by atoms with E-state index in [9.17, 15) is 0 Å². The zero-order chi connectivity index (χ0) is 26.0. The average molecular weight is 519 g/mol. The normalized spacial score (nSPS) is 13.7. The number of benzene rings is 6. The van der Waals surface area contributed by atoms with Crippen molar-refractivity contribution >= 4 is 11.6 Å². The summed E-state index contributed by atoms with van der Waals surface area (Å²) in [6.07, 6.45) is 0. The molecule has 2 aliphatic rings. The van der Waals surface area contributed by atoms with Crippen molar-refractivity contribution in [3.05, 3.63) is 167 Å². The third-order valence-electron chi connectivity index (χ3n) is 8.24. The number of hydrogen-bond acceptors (Lipinski definition) is 1. The predicted octanol–water partition coefficient (Wildman–Crippen LogP) is 10.1. The fourth-order valence-electron chi connectivity index (χ4n) is 6.74. The maximum absolute atomic E-state index is 6.53. The molecule has 0 N–H and O–H groups in total. The van der Waals surface area contributed by atoms with E-state index in [0.717, 1.165) is 22.1 Å². The van der Waals surface area contributed by atoms with Gasteiger partial charge in [0.25, 0.3) is 0 Å². The highest BCUT2D eigenvalue weighted by Gasteiger charge is 2.52. The Morgan fingerprint density at radius 3 is 1.56 bits per heavy atom. The highest BCUT2D eigenvalue weighted by Crippen LogP contribution is 2.63. The Bertz CT molecular complexity index is 1850. The molecule has 0 atom stereocenters. The third-order valence-corrected chi connectivity index (χ3v) is 8.49. The van der Waals surface area contributed by atoms with Gasteiger partial charge >= 0.3 is 0 Å². The minimum absolute atomic E-state index is 0.513. The van der Waals surface area contributed by atoms with Crippen LogP contribution in [0.3, 0.4) is 0 Å². The van der Waals surface area contributed by atoms with E-state index >= 15 is 0 Å². The highest BCUT2D eigenvalue weighted by molar-refractivity contribution is 6.30. The lowest BCUT2D eigenvalue weighted by Gasteiger charge is -2.40. The van der Waals surface area contributed by atoms with Crippen molar-refractivity contribution in [3.63, 3.8) is 0 Å². The molecule has 1 heterocycles. The van der Waals surface area contributed by atoms with Gasteiger partial charge in [-0.25, -0.2) is 0 Å². The van der Waals surface area contributed by atoms with Crippen LogP contribution in [0.1, 0.15) is 22.3 Å². The molecule has 1 spiro atoms. The van der Waals surface area contributed by atoms with Gasteiger partial charge in [-0.15, -0.1) is 0 Å². The van der Waals surface area contributed by atoms with Crippen LogP contribution in [0.25, 0.3) is 33.4 Å². The third kappa shape index (κ3) is 3.08. The van der Waals surface area contributed by atoms with Crippen LogP contribution in [0.2, 0.25) is 5.02 Å². The maximum Gasteiger partial charge on any atom is 0.132 e. The summed E-state index contributed by atoms with van der Waals surface area (Å²) < 4.78 is 6.53. The fraction of sp³-hybridized carbons (Fsp3) is 0.0270. The van der Waals surface area contributed by atoms with E-state index in [0.29, 0.717) is 0 Å². The van der Waals surface area contributed by atoms with Crippen LogP contribution in [-0.4, -0.2) is 0 Å². The highest BCUT2D eigenvalue weighted by atomic mass is 35.5. The van der Waals surface area contributed by atoms with Crippen molar-refractivity contribution in [1.29, 1.82) is 0 Å². The van der Waals surface area contributed by atoms with Crippen molar-refractivity contribution in [3.8, 4) is 44.9 Å². The summed E-state index contributed by atoms with van der Waals surface area (Å²) in [5.74, 6) is 1.80. The second kappa shape index (κ2) is 8.46. The molecule has 0 bridgehead atoms. The lowest BCUT2D eigenvalue weighted by atomic mass is 9.64. The van der Waals surface area contributed by atoms with Gasteiger partial charge in [-0.3, -0.25) is 0 Å². The molecule has 1 aliphatic heterocycles. The van der Waals surface area contributed by atoms with Gasteiger partial charge in [0.05, 0.1) is 5.41 Å². The van der Waals surface area contributed by atoms with E-state index in [1.807, 2.05) is 12.1 Å². The van der Waals surface area contributed by atoms with E-state index in [4.69, 9.17) is 16.3 Å². The van der Waals surface area contributed by atoms with Crippen molar-refractivity contribution in [2.45, 2.75) is 5.41 Å². The molecule has 0 aromatic heterocycles. The molecule has 1 nitrogen and oxygen atoms in total. The van der Waals surface area contributed by atoms with E-state index in [1.54, 1.807) is 0 Å². The first-order valence-electron chi connectivity index (χ1n) is 13.2. The van der Waals surface area contributed by atoms with Crippen molar-refractivity contribution in [1.82, 2.24) is 0 Å². The number of halogens is 1. The topological polar surface area (TPSA) is 9.23 Å². The second-order valence-corrected chi connectivity index (χ2v) is 10.6.